The highest BCUT2D eigenvalue weighted by molar-refractivity contribution is 5.36. The van der Waals surface area contributed by atoms with E-state index in [0.29, 0.717) is 0 Å². The van der Waals surface area contributed by atoms with Gasteiger partial charge in [0.05, 0.1) is 17.4 Å². The van der Waals surface area contributed by atoms with Gasteiger partial charge < -0.3 is 0 Å². The molecule has 1 heterocycles. The van der Waals surface area contributed by atoms with E-state index < -0.39 is 0 Å². The van der Waals surface area contributed by atoms with Crippen LogP contribution in [0.3, 0.4) is 0 Å². The van der Waals surface area contributed by atoms with E-state index in [1.54, 1.807) is 0 Å². The lowest BCUT2D eigenvalue weighted by molar-refractivity contribution is 0.587. The molecule has 0 aliphatic carbocycles. The van der Waals surface area contributed by atoms with Crippen LogP contribution in [0.1, 0.15) is 54.9 Å². The van der Waals surface area contributed by atoms with Crippen LogP contribution in [0.4, 0.5) is 0 Å². The maximum atomic E-state index is 5.78. The molecule has 1 atom stereocenters. The average molecular weight is 284 g/mol. The fourth-order valence-electron chi connectivity index (χ4n) is 2.40. The number of nitrogens with zero attached hydrogens (tertiary/aromatic N) is 2. The van der Waals surface area contributed by atoms with E-state index in [2.05, 4.69) is 60.7 Å². The SMILES string of the molecule is Cc1cc(C(NN)c2ccc(C(C)(C)C)cc2)c(C)nn1. The summed E-state index contributed by atoms with van der Waals surface area (Å²) >= 11 is 0. The Balaban J connectivity index is 2.40. The van der Waals surface area contributed by atoms with E-state index in [1.807, 2.05) is 19.9 Å². The molecule has 0 amide bonds. The first-order chi connectivity index (χ1) is 9.82. The number of aromatic nitrogens is 2. The number of hydrogen-bond acceptors (Lipinski definition) is 4. The molecule has 21 heavy (non-hydrogen) atoms. The number of rotatable bonds is 3. The minimum absolute atomic E-state index is 0.0757. The zero-order valence-corrected chi connectivity index (χ0v) is 13.4. The highest BCUT2D eigenvalue weighted by Crippen LogP contribution is 2.27. The summed E-state index contributed by atoms with van der Waals surface area (Å²) < 4.78 is 0. The van der Waals surface area contributed by atoms with E-state index in [9.17, 15) is 0 Å². The van der Waals surface area contributed by atoms with E-state index in [1.165, 1.54) is 5.56 Å². The van der Waals surface area contributed by atoms with Crippen molar-refractivity contribution in [1.29, 1.82) is 0 Å². The van der Waals surface area contributed by atoms with Crippen LogP contribution in [0.2, 0.25) is 0 Å². The second kappa shape index (κ2) is 5.92. The average Bonchev–Trinajstić information content (AvgIpc) is 2.43. The standard InChI is InChI=1S/C17H24N4/c1-11-10-15(12(2)21-20-11)16(19-18)13-6-8-14(9-7-13)17(3,4)5/h6-10,16,19H,18H2,1-5H3. The molecule has 0 aliphatic heterocycles. The summed E-state index contributed by atoms with van der Waals surface area (Å²) in [5, 5.41) is 8.26. The molecule has 2 aromatic rings. The molecular weight excluding hydrogens is 260 g/mol. The first-order valence-corrected chi connectivity index (χ1v) is 7.20. The van der Waals surface area contributed by atoms with Crippen molar-refractivity contribution >= 4 is 0 Å². The van der Waals surface area contributed by atoms with Gasteiger partial charge in [-0.3, -0.25) is 5.84 Å². The number of hydrazine groups is 1. The van der Waals surface area contributed by atoms with Crippen LogP contribution in [0.5, 0.6) is 0 Å². The molecule has 1 aromatic carbocycles. The summed E-state index contributed by atoms with van der Waals surface area (Å²) in [6.45, 7) is 10.5. The van der Waals surface area contributed by atoms with Gasteiger partial charge in [-0.15, -0.1) is 0 Å². The Morgan fingerprint density at radius 1 is 1.05 bits per heavy atom. The van der Waals surface area contributed by atoms with Gasteiger partial charge in [0.15, 0.2) is 0 Å². The van der Waals surface area contributed by atoms with Crippen molar-refractivity contribution in [2.75, 3.05) is 0 Å². The van der Waals surface area contributed by atoms with Crippen molar-refractivity contribution in [3.8, 4) is 0 Å². The van der Waals surface area contributed by atoms with Crippen LogP contribution in [0.15, 0.2) is 30.3 Å². The number of hydrogen-bond donors (Lipinski definition) is 2. The van der Waals surface area contributed by atoms with Crippen molar-refractivity contribution < 1.29 is 0 Å². The summed E-state index contributed by atoms with van der Waals surface area (Å²) in [6.07, 6.45) is 0. The minimum Gasteiger partial charge on any atom is -0.271 e. The minimum atomic E-state index is -0.0757. The Bertz CT molecular complexity index is 612. The van der Waals surface area contributed by atoms with E-state index in [-0.39, 0.29) is 11.5 Å². The van der Waals surface area contributed by atoms with Crippen molar-refractivity contribution in [2.45, 2.75) is 46.1 Å². The van der Waals surface area contributed by atoms with Gasteiger partial charge in [0, 0.05) is 0 Å². The molecule has 0 aliphatic rings. The zero-order chi connectivity index (χ0) is 15.6. The summed E-state index contributed by atoms with van der Waals surface area (Å²) in [4.78, 5) is 0. The second-order valence-electron chi connectivity index (χ2n) is 6.50. The molecule has 3 N–H and O–H groups in total. The fraction of sp³-hybridized carbons (Fsp3) is 0.412. The van der Waals surface area contributed by atoms with Gasteiger partial charge in [-0.05, 0) is 42.0 Å². The molecular formula is C17H24N4. The number of nitrogens with two attached hydrogens (primary N) is 1. The van der Waals surface area contributed by atoms with Gasteiger partial charge in [-0.2, -0.15) is 10.2 Å². The van der Waals surface area contributed by atoms with Crippen LogP contribution in [0.25, 0.3) is 0 Å². The van der Waals surface area contributed by atoms with Crippen LogP contribution >= 0.6 is 0 Å². The van der Waals surface area contributed by atoms with Gasteiger partial charge >= 0.3 is 0 Å². The van der Waals surface area contributed by atoms with Gasteiger partial charge in [0.1, 0.15) is 0 Å². The summed E-state index contributed by atoms with van der Waals surface area (Å²) in [5.41, 5.74) is 8.32. The molecule has 0 fully saturated rings. The lowest BCUT2D eigenvalue weighted by Gasteiger charge is -2.22. The van der Waals surface area contributed by atoms with Crippen molar-refractivity contribution in [2.24, 2.45) is 5.84 Å². The second-order valence-corrected chi connectivity index (χ2v) is 6.50. The normalized spacial score (nSPS) is 13.2. The van der Waals surface area contributed by atoms with Crippen LogP contribution in [0, 0.1) is 13.8 Å². The fourth-order valence-corrected chi connectivity index (χ4v) is 2.40. The Labute approximate surface area is 126 Å². The molecule has 0 radical (unpaired) electrons. The Morgan fingerprint density at radius 2 is 1.67 bits per heavy atom. The number of nitrogens with one attached hydrogen (secondary N) is 1. The van der Waals surface area contributed by atoms with Crippen LogP contribution in [-0.4, -0.2) is 10.2 Å². The van der Waals surface area contributed by atoms with Crippen molar-refractivity contribution in [3.63, 3.8) is 0 Å². The van der Waals surface area contributed by atoms with Gasteiger partial charge in [-0.25, -0.2) is 5.43 Å². The number of benzene rings is 1. The van der Waals surface area contributed by atoms with Crippen molar-refractivity contribution in [3.05, 3.63) is 58.4 Å². The summed E-state index contributed by atoms with van der Waals surface area (Å²) in [7, 11) is 0. The van der Waals surface area contributed by atoms with E-state index in [0.717, 1.165) is 22.5 Å². The zero-order valence-electron chi connectivity index (χ0n) is 13.4. The maximum absolute atomic E-state index is 5.78. The highest BCUT2D eigenvalue weighted by Gasteiger charge is 2.18. The van der Waals surface area contributed by atoms with Crippen molar-refractivity contribution in [1.82, 2.24) is 15.6 Å². The van der Waals surface area contributed by atoms with Gasteiger partial charge in [0.25, 0.3) is 0 Å². The predicted molar refractivity (Wildman–Crippen MR) is 85.8 cm³/mol. The highest BCUT2D eigenvalue weighted by atomic mass is 15.2. The lowest BCUT2D eigenvalue weighted by Crippen LogP contribution is -2.30. The van der Waals surface area contributed by atoms with Crippen LogP contribution < -0.4 is 11.3 Å². The first kappa shape index (κ1) is 15.6. The quantitative estimate of drug-likeness (QED) is 0.672. The molecule has 0 spiro atoms. The number of aryl methyl sites for hydroxylation is 2. The molecule has 2 rings (SSSR count). The summed E-state index contributed by atoms with van der Waals surface area (Å²) in [5.74, 6) is 5.78. The molecule has 1 aromatic heterocycles. The molecule has 112 valence electrons. The topological polar surface area (TPSA) is 63.8 Å². The summed E-state index contributed by atoms with van der Waals surface area (Å²) in [6, 6.07) is 10.5. The molecule has 1 unspecified atom stereocenters. The van der Waals surface area contributed by atoms with Gasteiger partial charge in [0.2, 0.25) is 0 Å². The molecule has 4 nitrogen and oxygen atoms in total. The molecule has 4 heteroatoms. The first-order valence-electron chi connectivity index (χ1n) is 7.20. The predicted octanol–water partition coefficient (Wildman–Crippen LogP) is 2.94. The Hall–Kier alpha value is -1.78. The maximum Gasteiger partial charge on any atom is 0.0729 e. The molecule has 0 bridgehead atoms. The third-order valence-corrected chi connectivity index (χ3v) is 3.73. The monoisotopic (exact) mass is 284 g/mol. The molecule has 0 saturated carbocycles. The third-order valence-electron chi connectivity index (χ3n) is 3.73. The van der Waals surface area contributed by atoms with Crippen LogP contribution in [-0.2, 0) is 5.41 Å². The largest absolute Gasteiger partial charge is 0.271 e. The van der Waals surface area contributed by atoms with E-state index >= 15 is 0 Å². The molecule has 0 saturated heterocycles. The Kier molecular flexibility index (Phi) is 4.40. The van der Waals surface area contributed by atoms with E-state index in [4.69, 9.17) is 5.84 Å². The third kappa shape index (κ3) is 3.46. The van der Waals surface area contributed by atoms with Gasteiger partial charge in [-0.1, -0.05) is 45.0 Å². The lowest BCUT2D eigenvalue weighted by atomic mass is 9.86. The Morgan fingerprint density at radius 3 is 2.19 bits per heavy atom. The smallest absolute Gasteiger partial charge is 0.0729 e.